The fourth-order valence-electron chi connectivity index (χ4n) is 2.15. The Morgan fingerprint density at radius 3 is 2.94 bits per heavy atom. The van der Waals surface area contributed by atoms with E-state index >= 15 is 0 Å². The van der Waals surface area contributed by atoms with Crippen LogP contribution in [-0.4, -0.2) is 29.3 Å². The molecule has 0 aliphatic carbocycles. The zero-order chi connectivity index (χ0) is 11.4. The van der Waals surface area contributed by atoms with Crippen LogP contribution >= 0.6 is 0 Å². The summed E-state index contributed by atoms with van der Waals surface area (Å²) in [5.74, 6) is 0. The smallest absolute Gasteiger partial charge is 0.0557 e. The normalized spacial score (nSPS) is 21.9. The lowest BCUT2D eigenvalue weighted by Crippen LogP contribution is -2.24. The zero-order valence-corrected chi connectivity index (χ0v) is 9.89. The van der Waals surface area contributed by atoms with E-state index in [-0.39, 0.29) is 6.10 Å². The largest absolute Gasteiger partial charge is 0.393 e. The second kappa shape index (κ2) is 5.30. The first-order chi connectivity index (χ1) is 7.79. The Morgan fingerprint density at radius 2 is 2.25 bits per heavy atom. The number of anilines is 1. The topological polar surface area (TPSA) is 36.4 Å². The number of aliphatic hydroxyl groups is 1. The highest BCUT2D eigenvalue weighted by Gasteiger charge is 2.15. The van der Waals surface area contributed by atoms with Gasteiger partial charge in [-0.25, -0.2) is 0 Å². The number of hydrogen-bond acceptors (Lipinski definition) is 3. The van der Waals surface area contributed by atoms with Crippen molar-refractivity contribution >= 4 is 5.69 Å². The molecule has 1 N–H and O–H groups in total. The molecule has 0 spiro atoms. The number of aromatic nitrogens is 1. The van der Waals surface area contributed by atoms with E-state index in [1.54, 1.807) is 0 Å². The fourth-order valence-corrected chi connectivity index (χ4v) is 2.15. The van der Waals surface area contributed by atoms with Gasteiger partial charge >= 0.3 is 0 Å². The third-order valence-corrected chi connectivity index (χ3v) is 3.23. The molecule has 0 bridgehead atoms. The molecule has 3 heteroatoms. The van der Waals surface area contributed by atoms with Crippen LogP contribution in [0.1, 0.15) is 31.9 Å². The Morgan fingerprint density at radius 1 is 1.38 bits per heavy atom. The lowest BCUT2D eigenvalue weighted by atomic mass is 10.2. The van der Waals surface area contributed by atoms with Crippen LogP contribution in [0.2, 0.25) is 0 Å². The van der Waals surface area contributed by atoms with Gasteiger partial charge < -0.3 is 10.0 Å². The van der Waals surface area contributed by atoms with E-state index in [0.717, 1.165) is 44.5 Å². The molecular weight excluding hydrogens is 200 g/mol. The minimum Gasteiger partial charge on any atom is -0.393 e. The third kappa shape index (κ3) is 2.73. The summed E-state index contributed by atoms with van der Waals surface area (Å²) >= 11 is 0. The minimum atomic E-state index is -0.118. The van der Waals surface area contributed by atoms with E-state index in [4.69, 9.17) is 0 Å². The van der Waals surface area contributed by atoms with Gasteiger partial charge in [0.2, 0.25) is 0 Å². The molecule has 2 heterocycles. The SMILES string of the molecule is CCc1ccc(N2CCC[C@@H](O)CC2)cn1. The number of hydrogen-bond donors (Lipinski definition) is 1. The Hall–Kier alpha value is -1.09. The van der Waals surface area contributed by atoms with Crippen LogP contribution in [0.4, 0.5) is 5.69 Å². The summed E-state index contributed by atoms with van der Waals surface area (Å²) < 4.78 is 0. The Kier molecular flexibility index (Phi) is 3.78. The van der Waals surface area contributed by atoms with Crippen molar-refractivity contribution in [1.82, 2.24) is 4.98 Å². The summed E-state index contributed by atoms with van der Waals surface area (Å²) in [7, 11) is 0. The van der Waals surface area contributed by atoms with E-state index in [1.807, 2.05) is 6.20 Å². The van der Waals surface area contributed by atoms with Gasteiger partial charge in [-0.2, -0.15) is 0 Å². The van der Waals surface area contributed by atoms with Crippen molar-refractivity contribution in [3.8, 4) is 0 Å². The van der Waals surface area contributed by atoms with Gasteiger partial charge in [0.05, 0.1) is 18.0 Å². The molecule has 0 amide bonds. The number of rotatable bonds is 2. The average molecular weight is 220 g/mol. The Balaban J connectivity index is 2.04. The molecule has 0 unspecified atom stereocenters. The van der Waals surface area contributed by atoms with Crippen molar-refractivity contribution in [3.05, 3.63) is 24.0 Å². The van der Waals surface area contributed by atoms with Crippen LogP contribution < -0.4 is 4.90 Å². The molecule has 88 valence electrons. The van der Waals surface area contributed by atoms with Crippen molar-refractivity contribution in [2.45, 2.75) is 38.7 Å². The van der Waals surface area contributed by atoms with Crippen molar-refractivity contribution in [3.63, 3.8) is 0 Å². The fraction of sp³-hybridized carbons (Fsp3) is 0.615. The first-order valence-corrected chi connectivity index (χ1v) is 6.17. The average Bonchev–Trinajstić information content (AvgIpc) is 2.54. The van der Waals surface area contributed by atoms with Gasteiger partial charge in [-0.05, 0) is 37.8 Å². The first kappa shape index (κ1) is 11.4. The van der Waals surface area contributed by atoms with Crippen molar-refractivity contribution in [2.24, 2.45) is 0 Å². The highest BCUT2D eigenvalue weighted by atomic mass is 16.3. The molecule has 1 fully saturated rings. The molecule has 3 nitrogen and oxygen atoms in total. The molecule has 1 aromatic rings. The van der Waals surface area contributed by atoms with Crippen molar-refractivity contribution in [2.75, 3.05) is 18.0 Å². The molecule has 1 aliphatic rings. The summed E-state index contributed by atoms with van der Waals surface area (Å²) in [5, 5.41) is 9.59. The molecule has 16 heavy (non-hydrogen) atoms. The van der Waals surface area contributed by atoms with Gasteiger partial charge in [0.15, 0.2) is 0 Å². The first-order valence-electron chi connectivity index (χ1n) is 6.17. The second-order valence-electron chi connectivity index (χ2n) is 4.43. The van der Waals surface area contributed by atoms with Crippen LogP contribution in [0.25, 0.3) is 0 Å². The second-order valence-corrected chi connectivity index (χ2v) is 4.43. The molecule has 0 saturated carbocycles. The van der Waals surface area contributed by atoms with Gasteiger partial charge in [-0.15, -0.1) is 0 Å². The zero-order valence-electron chi connectivity index (χ0n) is 9.89. The van der Waals surface area contributed by atoms with Crippen LogP contribution in [0, 0.1) is 0 Å². The molecule has 2 rings (SSSR count). The van der Waals surface area contributed by atoms with Crippen LogP contribution in [0.15, 0.2) is 18.3 Å². The predicted molar refractivity (Wildman–Crippen MR) is 65.7 cm³/mol. The van der Waals surface area contributed by atoms with Gasteiger partial charge in [-0.1, -0.05) is 6.92 Å². The van der Waals surface area contributed by atoms with Crippen LogP contribution in [-0.2, 0) is 6.42 Å². The molecule has 1 saturated heterocycles. The number of aliphatic hydroxyl groups excluding tert-OH is 1. The molecule has 1 aliphatic heterocycles. The van der Waals surface area contributed by atoms with Gasteiger partial charge in [0, 0.05) is 18.8 Å². The maximum atomic E-state index is 9.59. The van der Waals surface area contributed by atoms with Crippen LogP contribution in [0.3, 0.4) is 0 Å². The minimum absolute atomic E-state index is 0.118. The number of nitrogens with zero attached hydrogens (tertiary/aromatic N) is 2. The number of pyridine rings is 1. The van der Waals surface area contributed by atoms with E-state index in [0.29, 0.717) is 0 Å². The summed E-state index contributed by atoms with van der Waals surface area (Å²) in [6.07, 6.45) is 5.69. The van der Waals surface area contributed by atoms with E-state index in [2.05, 4.69) is 28.9 Å². The lowest BCUT2D eigenvalue weighted by molar-refractivity contribution is 0.161. The maximum Gasteiger partial charge on any atom is 0.0557 e. The van der Waals surface area contributed by atoms with Gasteiger partial charge in [0.1, 0.15) is 0 Å². The van der Waals surface area contributed by atoms with Gasteiger partial charge in [-0.3, -0.25) is 4.98 Å². The molecule has 0 aromatic carbocycles. The summed E-state index contributed by atoms with van der Waals surface area (Å²) in [5.41, 5.74) is 2.32. The molecule has 1 atom stereocenters. The maximum absolute atomic E-state index is 9.59. The lowest BCUT2D eigenvalue weighted by Gasteiger charge is -2.22. The predicted octanol–water partition coefficient (Wildman–Crippen LogP) is 2.00. The van der Waals surface area contributed by atoms with Gasteiger partial charge in [0.25, 0.3) is 0 Å². The molecule has 1 aromatic heterocycles. The summed E-state index contributed by atoms with van der Waals surface area (Å²) in [4.78, 5) is 6.74. The number of aryl methyl sites for hydroxylation is 1. The highest BCUT2D eigenvalue weighted by molar-refractivity contribution is 5.44. The highest BCUT2D eigenvalue weighted by Crippen LogP contribution is 2.19. The molecular formula is C13H20N2O. The Labute approximate surface area is 97.1 Å². The van der Waals surface area contributed by atoms with E-state index in [1.165, 1.54) is 5.69 Å². The van der Waals surface area contributed by atoms with Crippen LogP contribution in [0.5, 0.6) is 0 Å². The standard InChI is InChI=1S/C13H20N2O/c1-2-11-5-6-12(10-14-11)15-8-3-4-13(16)7-9-15/h5-6,10,13,16H,2-4,7-9H2,1H3/t13-/m1/s1. The summed E-state index contributed by atoms with van der Waals surface area (Å²) in [6, 6.07) is 4.24. The molecule has 0 radical (unpaired) electrons. The summed E-state index contributed by atoms with van der Waals surface area (Å²) in [6.45, 7) is 4.09. The monoisotopic (exact) mass is 220 g/mol. The third-order valence-electron chi connectivity index (χ3n) is 3.23. The quantitative estimate of drug-likeness (QED) is 0.828. The Bertz CT molecular complexity index is 323. The van der Waals surface area contributed by atoms with E-state index in [9.17, 15) is 5.11 Å². The van der Waals surface area contributed by atoms with Crippen molar-refractivity contribution in [1.29, 1.82) is 0 Å². The van der Waals surface area contributed by atoms with Crippen molar-refractivity contribution < 1.29 is 5.11 Å². The van der Waals surface area contributed by atoms with E-state index < -0.39 is 0 Å².